The Morgan fingerprint density at radius 1 is 0.275 bits per heavy atom. The summed E-state index contributed by atoms with van der Waals surface area (Å²) in [5.41, 5.74) is 12.9. The average Bonchev–Trinajstić information content (AvgIpc) is 3.21. The van der Waals surface area contributed by atoms with Crippen molar-refractivity contribution in [3.63, 3.8) is 0 Å². The van der Waals surface area contributed by atoms with Crippen molar-refractivity contribution in [2.75, 3.05) is 4.90 Å². The van der Waals surface area contributed by atoms with Gasteiger partial charge in [-0.2, -0.15) is 0 Å². The maximum absolute atomic E-state index is 2.47. The van der Waals surface area contributed by atoms with Gasteiger partial charge in [0.15, 0.2) is 0 Å². The lowest BCUT2D eigenvalue weighted by molar-refractivity contribution is 1.30. The Morgan fingerprint density at radius 3 is 1.61 bits per heavy atom. The van der Waals surface area contributed by atoms with Gasteiger partial charge in [0.1, 0.15) is 0 Å². The minimum atomic E-state index is 1.10. The number of rotatable bonds is 7. The van der Waals surface area contributed by atoms with Crippen LogP contribution in [0.5, 0.6) is 0 Å². The number of anilines is 3. The first kappa shape index (κ1) is 30.4. The molecule has 9 aromatic carbocycles. The normalized spacial score (nSPS) is 11.1. The zero-order valence-corrected chi connectivity index (χ0v) is 28.2. The summed E-state index contributed by atoms with van der Waals surface area (Å²) in [5, 5.41) is 4.88. The fraction of sp³-hybridized carbons (Fsp3) is 0. The molecule has 0 saturated heterocycles. The molecule has 0 fully saturated rings. The summed E-state index contributed by atoms with van der Waals surface area (Å²) in [6.07, 6.45) is 0. The van der Waals surface area contributed by atoms with Gasteiger partial charge in [-0.25, -0.2) is 0 Å². The SMILES string of the molecule is c1ccc(-c2ccccc2-c2c(-c3ccccc3)cccc2N(c2cccc(-c3ccc4ccccc4c3)c2)c2cccc3ccccc23)cc1. The van der Waals surface area contributed by atoms with E-state index in [1.54, 1.807) is 0 Å². The molecule has 0 heterocycles. The zero-order chi connectivity index (χ0) is 34.0. The largest absolute Gasteiger partial charge is 0.309 e. The molecule has 0 aliphatic heterocycles. The van der Waals surface area contributed by atoms with Crippen molar-refractivity contribution in [1.82, 2.24) is 0 Å². The Balaban J connectivity index is 1.35. The highest BCUT2D eigenvalue weighted by Crippen LogP contribution is 2.49. The lowest BCUT2D eigenvalue weighted by atomic mass is 9.87. The van der Waals surface area contributed by atoms with Crippen LogP contribution in [0.4, 0.5) is 17.1 Å². The van der Waals surface area contributed by atoms with Gasteiger partial charge in [0.25, 0.3) is 0 Å². The third-order valence-corrected chi connectivity index (χ3v) is 9.84. The van der Waals surface area contributed by atoms with E-state index in [0.29, 0.717) is 0 Å². The molecule has 0 aromatic heterocycles. The monoisotopic (exact) mass is 649 g/mol. The number of hydrogen-bond acceptors (Lipinski definition) is 1. The minimum absolute atomic E-state index is 1.10. The summed E-state index contributed by atoms with van der Waals surface area (Å²) in [5.74, 6) is 0. The van der Waals surface area contributed by atoms with E-state index < -0.39 is 0 Å². The standard InChI is InChI=1S/C50H35N/c1-3-17-37(18-4-1)44-26-11-12-28-47(44)50-46(39-19-5-2-6-20-39)29-15-31-49(50)51(48-30-14-23-38-21-9-10-27-45(38)48)43-25-13-24-41(35-43)42-33-32-36-16-7-8-22-40(36)34-42/h1-35H. The first-order valence-corrected chi connectivity index (χ1v) is 17.5. The number of fused-ring (bicyclic) bond motifs is 2. The van der Waals surface area contributed by atoms with Crippen LogP contribution in [0, 0.1) is 0 Å². The molecule has 1 heteroatoms. The highest BCUT2D eigenvalue weighted by molar-refractivity contribution is 6.05. The van der Waals surface area contributed by atoms with Gasteiger partial charge in [-0.15, -0.1) is 0 Å². The van der Waals surface area contributed by atoms with Crippen LogP contribution >= 0.6 is 0 Å². The molecule has 0 saturated carbocycles. The van der Waals surface area contributed by atoms with Crippen LogP contribution < -0.4 is 4.90 Å². The maximum atomic E-state index is 2.47. The van der Waals surface area contributed by atoms with Crippen molar-refractivity contribution in [2.24, 2.45) is 0 Å². The van der Waals surface area contributed by atoms with Crippen LogP contribution in [0.1, 0.15) is 0 Å². The van der Waals surface area contributed by atoms with Gasteiger partial charge in [0.05, 0.1) is 11.4 Å². The Labute approximate surface area is 299 Å². The summed E-state index contributed by atoms with van der Waals surface area (Å²) in [6, 6.07) is 76.8. The lowest BCUT2D eigenvalue weighted by Gasteiger charge is -2.31. The third kappa shape index (κ3) is 5.75. The summed E-state index contributed by atoms with van der Waals surface area (Å²) < 4.78 is 0. The predicted molar refractivity (Wildman–Crippen MR) is 218 cm³/mol. The number of nitrogens with zero attached hydrogens (tertiary/aromatic N) is 1. The van der Waals surface area contributed by atoms with E-state index in [9.17, 15) is 0 Å². The molecule has 51 heavy (non-hydrogen) atoms. The highest BCUT2D eigenvalue weighted by Gasteiger charge is 2.24. The Bertz CT molecular complexity index is 2630. The topological polar surface area (TPSA) is 3.24 Å². The Kier molecular flexibility index (Phi) is 7.92. The molecule has 0 N–H and O–H groups in total. The van der Waals surface area contributed by atoms with Crippen molar-refractivity contribution < 1.29 is 0 Å². The van der Waals surface area contributed by atoms with E-state index in [0.717, 1.165) is 17.1 Å². The number of hydrogen-bond donors (Lipinski definition) is 0. The maximum Gasteiger partial charge on any atom is 0.0546 e. The van der Waals surface area contributed by atoms with Crippen LogP contribution in [-0.4, -0.2) is 0 Å². The van der Waals surface area contributed by atoms with Crippen molar-refractivity contribution in [3.8, 4) is 44.5 Å². The van der Waals surface area contributed by atoms with Crippen molar-refractivity contribution in [3.05, 3.63) is 212 Å². The average molecular weight is 650 g/mol. The molecule has 0 aliphatic carbocycles. The van der Waals surface area contributed by atoms with Gasteiger partial charge < -0.3 is 4.90 Å². The molecule has 0 bridgehead atoms. The molecule has 9 rings (SSSR count). The van der Waals surface area contributed by atoms with Gasteiger partial charge in [-0.1, -0.05) is 182 Å². The first-order chi connectivity index (χ1) is 25.3. The summed E-state index contributed by atoms with van der Waals surface area (Å²) >= 11 is 0. The fourth-order valence-corrected chi connectivity index (χ4v) is 7.44. The van der Waals surface area contributed by atoms with Crippen molar-refractivity contribution >= 4 is 38.6 Å². The van der Waals surface area contributed by atoms with Crippen LogP contribution in [0.15, 0.2) is 212 Å². The van der Waals surface area contributed by atoms with Gasteiger partial charge in [-0.3, -0.25) is 0 Å². The molecule has 0 radical (unpaired) electrons. The van der Waals surface area contributed by atoms with E-state index in [-0.39, 0.29) is 0 Å². The van der Waals surface area contributed by atoms with Gasteiger partial charge in [0.2, 0.25) is 0 Å². The van der Waals surface area contributed by atoms with Crippen LogP contribution in [0.2, 0.25) is 0 Å². The van der Waals surface area contributed by atoms with Gasteiger partial charge in [-0.05, 0) is 85.4 Å². The van der Waals surface area contributed by atoms with Crippen LogP contribution in [0.3, 0.4) is 0 Å². The predicted octanol–water partition coefficient (Wildman–Crippen LogP) is 14.1. The summed E-state index contributed by atoms with van der Waals surface area (Å²) in [7, 11) is 0. The zero-order valence-electron chi connectivity index (χ0n) is 28.2. The lowest BCUT2D eigenvalue weighted by Crippen LogP contribution is -2.12. The minimum Gasteiger partial charge on any atom is -0.309 e. The van der Waals surface area contributed by atoms with Gasteiger partial charge >= 0.3 is 0 Å². The van der Waals surface area contributed by atoms with Crippen LogP contribution in [0.25, 0.3) is 66.1 Å². The molecule has 0 atom stereocenters. The smallest absolute Gasteiger partial charge is 0.0546 e. The fourth-order valence-electron chi connectivity index (χ4n) is 7.44. The molecule has 1 nitrogen and oxygen atoms in total. The quantitative estimate of drug-likeness (QED) is 0.166. The van der Waals surface area contributed by atoms with E-state index in [1.165, 1.54) is 66.1 Å². The second-order valence-corrected chi connectivity index (χ2v) is 12.9. The van der Waals surface area contributed by atoms with E-state index in [2.05, 4.69) is 217 Å². The molecule has 0 spiro atoms. The first-order valence-electron chi connectivity index (χ1n) is 17.5. The van der Waals surface area contributed by atoms with E-state index in [1.807, 2.05) is 0 Å². The molecular weight excluding hydrogens is 615 g/mol. The summed E-state index contributed by atoms with van der Waals surface area (Å²) in [6.45, 7) is 0. The van der Waals surface area contributed by atoms with Gasteiger partial charge in [0, 0.05) is 16.6 Å². The van der Waals surface area contributed by atoms with E-state index in [4.69, 9.17) is 0 Å². The van der Waals surface area contributed by atoms with E-state index >= 15 is 0 Å². The molecule has 9 aromatic rings. The second kappa shape index (κ2) is 13.3. The van der Waals surface area contributed by atoms with Crippen molar-refractivity contribution in [2.45, 2.75) is 0 Å². The number of benzene rings is 9. The molecule has 0 unspecified atom stereocenters. The molecule has 0 amide bonds. The molecular formula is C50H35N. The molecule has 240 valence electrons. The third-order valence-electron chi connectivity index (χ3n) is 9.84. The van der Waals surface area contributed by atoms with Crippen LogP contribution in [-0.2, 0) is 0 Å². The molecule has 0 aliphatic rings. The summed E-state index contributed by atoms with van der Waals surface area (Å²) in [4.78, 5) is 2.47. The Hall–Kier alpha value is -6.70. The Morgan fingerprint density at radius 2 is 0.804 bits per heavy atom. The second-order valence-electron chi connectivity index (χ2n) is 12.9. The highest BCUT2D eigenvalue weighted by atomic mass is 15.1. The van der Waals surface area contributed by atoms with Crippen molar-refractivity contribution in [1.29, 1.82) is 0 Å².